The minimum atomic E-state index is 0.467. The van der Waals surface area contributed by atoms with Crippen LogP contribution in [0.2, 0.25) is 5.15 Å². The summed E-state index contributed by atoms with van der Waals surface area (Å²) in [7, 11) is 0. The third-order valence-electron chi connectivity index (χ3n) is 1.75. The molecule has 15 heavy (non-hydrogen) atoms. The Morgan fingerprint density at radius 2 is 2.33 bits per heavy atom. The Kier molecular flexibility index (Phi) is 3.56. The number of halogens is 2. The molecule has 0 spiro atoms. The number of hydrogen-bond donors (Lipinski definition) is 1. The first kappa shape index (κ1) is 10.9. The minimum Gasteiger partial charge on any atom is -0.378 e. The highest BCUT2D eigenvalue weighted by molar-refractivity contribution is 9.10. The van der Waals surface area contributed by atoms with Gasteiger partial charge in [0.25, 0.3) is 0 Å². The summed E-state index contributed by atoms with van der Waals surface area (Å²) in [6, 6.07) is 1.89. The van der Waals surface area contributed by atoms with Gasteiger partial charge < -0.3 is 5.32 Å². The second-order valence-corrected chi connectivity index (χ2v) is 4.76. The van der Waals surface area contributed by atoms with E-state index >= 15 is 0 Å². The van der Waals surface area contributed by atoms with Gasteiger partial charge in [-0.3, -0.25) is 0 Å². The number of pyridine rings is 1. The van der Waals surface area contributed by atoms with Crippen molar-refractivity contribution in [1.29, 1.82) is 0 Å². The first-order chi connectivity index (χ1) is 7.25. The van der Waals surface area contributed by atoms with Crippen molar-refractivity contribution in [3.05, 3.63) is 38.5 Å². The van der Waals surface area contributed by atoms with E-state index in [0.29, 0.717) is 11.7 Å². The van der Waals surface area contributed by atoms with Crippen LogP contribution < -0.4 is 5.32 Å². The van der Waals surface area contributed by atoms with Crippen LogP contribution in [-0.2, 0) is 6.54 Å². The van der Waals surface area contributed by atoms with Crippen LogP contribution in [0.25, 0.3) is 0 Å². The molecule has 0 unspecified atom stereocenters. The molecule has 0 aliphatic rings. The molecule has 0 aliphatic heterocycles. The first-order valence-corrected chi connectivity index (χ1v) is 6.29. The summed E-state index contributed by atoms with van der Waals surface area (Å²) in [6.45, 7) is 0.694. The van der Waals surface area contributed by atoms with Crippen molar-refractivity contribution in [2.24, 2.45) is 0 Å². The molecule has 1 N–H and O–H groups in total. The van der Waals surface area contributed by atoms with Gasteiger partial charge in [0.2, 0.25) is 0 Å². The molecule has 0 radical (unpaired) electrons. The van der Waals surface area contributed by atoms with E-state index in [1.807, 2.05) is 17.0 Å². The van der Waals surface area contributed by atoms with E-state index in [-0.39, 0.29) is 0 Å². The van der Waals surface area contributed by atoms with E-state index < -0.39 is 0 Å². The summed E-state index contributed by atoms with van der Waals surface area (Å²) in [5, 5.41) is 5.68. The van der Waals surface area contributed by atoms with Gasteiger partial charge in [-0.05, 0) is 22.0 Å². The molecule has 0 aliphatic carbocycles. The fourth-order valence-electron chi connectivity index (χ4n) is 1.04. The lowest BCUT2D eigenvalue weighted by molar-refractivity contribution is 1.07. The second-order valence-electron chi connectivity index (χ2n) is 2.83. The molecular weight excluding hydrogens is 298 g/mol. The molecule has 2 rings (SSSR count). The maximum atomic E-state index is 5.78. The Morgan fingerprint density at radius 1 is 1.47 bits per heavy atom. The van der Waals surface area contributed by atoms with Crippen molar-refractivity contribution in [2.45, 2.75) is 6.54 Å². The summed E-state index contributed by atoms with van der Waals surface area (Å²) >= 11 is 10.7. The zero-order chi connectivity index (χ0) is 10.7. The number of thiazole rings is 1. The molecule has 0 bridgehead atoms. The van der Waals surface area contributed by atoms with Crippen molar-refractivity contribution in [1.82, 2.24) is 9.97 Å². The molecule has 0 atom stereocenters. The Morgan fingerprint density at radius 3 is 3.00 bits per heavy atom. The SMILES string of the molecule is Clc1ncc(NCc2cscn2)cc1Br. The molecule has 0 saturated carbocycles. The van der Waals surface area contributed by atoms with Gasteiger partial charge in [0.15, 0.2) is 0 Å². The highest BCUT2D eigenvalue weighted by atomic mass is 79.9. The average molecular weight is 305 g/mol. The lowest BCUT2D eigenvalue weighted by Crippen LogP contribution is -1.99. The Bertz CT molecular complexity index is 447. The largest absolute Gasteiger partial charge is 0.378 e. The van der Waals surface area contributed by atoms with Gasteiger partial charge in [0.05, 0.1) is 34.1 Å². The number of hydrogen-bond acceptors (Lipinski definition) is 4. The molecule has 6 heteroatoms. The quantitative estimate of drug-likeness (QED) is 0.881. The van der Waals surface area contributed by atoms with Crippen LogP contribution in [-0.4, -0.2) is 9.97 Å². The van der Waals surface area contributed by atoms with Crippen molar-refractivity contribution in [3.63, 3.8) is 0 Å². The predicted molar refractivity (Wildman–Crippen MR) is 66.4 cm³/mol. The van der Waals surface area contributed by atoms with Gasteiger partial charge in [-0.25, -0.2) is 9.97 Å². The summed E-state index contributed by atoms with van der Waals surface area (Å²) in [6.07, 6.45) is 1.69. The van der Waals surface area contributed by atoms with Crippen LogP contribution >= 0.6 is 38.9 Å². The van der Waals surface area contributed by atoms with Gasteiger partial charge in [0, 0.05) is 5.38 Å². The maximum absolute atomic E-state index is 5.78. The maximum Gasteiger partial charge on any atom is 0.143 e. The van der Waals surface area contributed by atoms with E-state index in [1.54, 1.807) is 17.5 Å². The summed E-state index contributed by atoms with van der Waals surface area (Å²) in [4.78, 5) is 8.19. The van der Waals surface area contributed by atoms with Crippen LogP contribution in [0, 0.1) is 0 Å². The molecule has 78 valence electrons. The highest BCUT2D eigenvalue weighted by Crippen LogP contribution is 2.23. The molecular formula is C9H7BrClN3S. The standard InChI is InChI=1S/C9H7BrClN3S/c10-8-1-6(2-13-9(8)11)12-3-7-4-15-5-14-7/h1-2,4-5,12H,3H2. The van der Waals surface area contributed by atoms with Crippen LogP contribution in [0.5, 0.6) is 0 Å². The van der Waals surface area contributed by atoms with Gasteiger partial charge in [-0.2, -0.15) is 0 Å². The third kappa shape index (κ3) is 2.90. The van der Waals surface area contributed by atoms with Gasteiger partial charge >= 0.3 is 0 Å². The monoisotopic (exact) mass is 303 g/mol. The Hall–Kier alpha value is -0.650. The number of nitrogens with one attached hydrogen (secondary N) is 1. The first-order valence-electron chi connectivity index (χ1n) is 4.17. The number of anilines is 1. The van der Waals surface area contributed by atoms with Crippen LogP contribution in [0.1, 0.15) is 5.69 Å². The molecule has 0 saturated heterocycles. The van der Waals surface area contributed by atoms with Crippen LogP contribution in [0.4, 0.5) is 5.69 Å². The Labute approximate surface area is 105 Å². The fourth-order valence-corrected chi connectivity index (χ4v) is 2.05. The molecule has 0 aromatic carbocycles. The van der Waals surface area contributed by atoms with E-state index in [4.69, 9.17) is 11.6 Å². The van der Waals surface area contributed by atoms with Crippen molar-refractivity contribution < 1.29 is 0 Å². The molecule has 0 fully saturated rings. The summed E-state index contributed by atoms with van der Waals surface area (Å²) < 4.78 is 0.785. The normalized spacial score (nSPS) is 10.3. The van der Waals surface area contributed by atoms with Crippen molar-refractivity contribution >= 4 is 44.6 Å². The van der Waals surface area contributed by atoms with Gasteiger partial charge in [-0.15, -0.1) is 11.3 Å². The summed E-state index contributed by atoms with van der Waals surface area (Å²) in [5.41, 5.74) is 3.75. The molecule has 2 aromatic rings. The topological polar surface area (TPSA) is 37.8 Å². The van der Waals surface area contributed by atoms with Crippen molar-refractivity contribution in [2.75, 3.05) is 5.32 Å². The molecule has 2 aromatic heterocycles. The zero-order valence-electron chi connectivity index (χ0n) is 7.58. The van der Waals surface area contributed by atoms with E-state index in [2.05, 4.69) is 31.2 Å². The van der Waals surface area contributed by atoms with Crippen LogP contribution in [0.3, 0.4) is 0 Å². The van der Waals surface area contributed by atoms with E-state index in [0.717, 1.165) is 15.9 Å². The summed E-state index contributed by atoms with van der Waals surface area (Å²) in [5.74, 6) is 0. The fraction of sp³-hybridized carbons (Fsp3) is 0.111. The zero-order valence-corrected chi connectivity index (χ0v) is 10.7. The van der Waals surface area contributed by atoms with Gasteiger partial charge in [0.1, 0.15) is 5.15 Å². The molecule has 0 amide bonds. The van der Waals surface area contributed by atoms with E-state index in [9.17, 15) is 0 Å². The Balaban J connectivity index is 2.02. The molecule has 3 nitrogen and oxygen atoms in total. The minimum absolute atomic E-state index is 0.467. The predicted octanol–water partition coefficient (Wildman–Crippen LogP) is 3.57. The second kappa shape index (κ2) is 4.92. The lowest BCUT2D eigenvalue weighted by Gasteiger charge is -2.04. The number of nitrogens with zero attached hydrogens (tertiary/aromatic N) is 2. The highest BCUT2D eigenvalue weighted by Gasteiger charge is 2.00. The number of rotatable bonds is 3. The van der Waals surface area contributed by atoms with E-state index in [1.165, 1.54) is 0 Å². The smallest absolute Gasteiger partial charge is 0.143 e. The lowest BCUT2D eigenvalue weighted by atomic mass is 10.4. The van der Waals surface area contributed by atoms with Crippen LogP contribution in [0.15, 0.2) is 27.6 Å². The number of aromatic nitrogens is 2. The van der Waals surface area contributed by atoms with Gasteiger partial charge in [-0.1, -0.05) is 11.6 Å². The average Bonchev–Trinajstić information content (AvgIpc) is 2.73. The molecule has 2 heterocycles. The third-order valence-corrected chi connectivity index (χ3v) is 3.52. The van der Waals surface area contributed by atoms with Crippen molar-refractivity contribution in [3.8, 4) is 0 Å².